The largest absolute Gasteiger partial charge is 0.371 e. The van der Waals surface area contributed by atoms with E-state index < -0.39 is 0 Å². The van der Waals surface area contributed by atoms with Crippen molar-refractivity contribution in [1.29, 1.82) is 0 Å². The molecule has 122 valence electrons. The molecule has 23 heavy (non-hydrogen) atoms. The maximum Gasteiger partial charge on any atom is 0.182 e. The van der Waals surface area contributed by atoms with Crippen LogP contribution in [0.25, 0.3) is 0 Å². The molecule has 0 bridgehead atoms. The van der Waals surface area contributed by atoms with Crippen molar-refractivity contribution < 1.29 is 4.74 Å². The Bertz CT molecular complexity index is 621. The third-order valence-electron chi connectivity index (χ3n) is 4.72. The number of aromatic nitrogens is 2. The van der Waals surface area contributed by atoms with Gasteiger partial charge in [-0.15, -0.1) is 11.3 Å². The molecule has 6 heteroatoms. The molecule has 2 unspecified atom stereocenters. The molecule has 4 rings (SSSR count). The zero-order chi connectivity index (χ0) is 15.5. The van der Waals surface area contributed by atoms with Crippen LogP contribution >= 0.6 is 11.3 Å². The molecule has 0 amide bonds. The van der Waals surface area contributed by atoms with Gasteiger partial charge in [0.15, 0.2) is 5.13 Å². The zero-order valence-electron chi connectivity index (χ0n) is 13.1. The Hall–Kier alpha value is -1.50. The lowest BCUT2D eigenvalue weighted by Gasteiger charge is -2.39. The van der Waals surface area contributed by atoms with Crippen LogP contribution < -0.4 is 5.32 Å². The molecule has 0 radical (unpaired) electrons. The fraction of sp³-hybridized carbons (Fsp3) is 0.529. The predicted octanol–water partition coefficient (Wildman–Crippen LogP) is 2.77. The number of rotatable bonds is 4. The van der Waals surface area contributed by atoms with Crippen LogP contribution in [-0.4, -0.2) is 46.2 Å². The van der Waals surface area contributed by atoms with Gasteiger partial charge in [0, 0.05) is 43.5 Å². The number of pyridine rings is 1. The minimum Gasteiger partial charge on any atom is -0.371 e. The maximum absolute atomic E-state index is 6.27. The van der Waals surface area contributed by atoms with Crippen LogP contribution in [0.3, 0.4) is 0 Å². The van der Waals surface area contributed by atoms with Crippen LogP contribution in [0.15, 0.2) is 36.1 Å². The number of hydrogen-bond acceptors (Lipinski definition) is 6. The Morgan fingerprint density at radius 1 is 1.43 bits per heavy atom. The highest BCUT2D eigenvalue weighted by molar-refractivity contribution is 7.13. The first-order chi connectivity index (χ1) is 11.3. The number of likely N-dealkylation sites (tertiary alicyclic amines) is 1. The molecule has 2 aromatic heterocycles. The van der Waals surface area contributed by atoms with Crippen molar-refractivity contribution in [3.05, 3.63) is 41.7 Å². The van der Waals surface area contributed by atoms with Crippen LogP contribution in [0.2, 0.25) is 0 Å². The SMILES string of the molecule is c1cncc(CN2CCCC3(CC(Nc4nccs4)CO3)C2)c1. The Balaban J connectivity index is 1.37. The number of anilines is 1. The summed E-state index contributed by atoms with van der Waals surface area (Å²) in [5.41, 5.74) is 1.29. The molecule has 1 spiro atoms. The van der Waals surface area contributed by atoms with Crippen LogP contribution in [0.4, 0.5) is 5.13 Å². The molecule has 2 aromatic rings. The predicted molar refractivity (Wildman–Crippen MR) is 91.6 cm³/mol. The van der Waals surface area contributed by atoms with Crippen LogP contribution in [0.1, 0.15) is 24.8 Å². The second kappa shape index (κ2) is 6.55. The minimum absolute atomic E-state index is 0.00931. The van der Waals surface area contributed by atoms with Gasteiger partial charge in [-0.2, -0.15) is 0 Å². The molecular weight excluding hydrogens is 308 g/mol. The van der Waals surface area contributed by atoms with E-state index in [1.165, 1.54) is 12.0 Å². The van der Waals surface area contributed by atoms with E-state index in [-0.39, 0.29) is 5.60 Å². The Kier molecular flexibility index (Phi) is 4.29. The van der Waals surface area contributed by atoms with E-state index in [4.69, 9.17) is 4.74 Å². The van der Waals surface area contributed by atoms with E-state index in [0.29, 0.717) is 6.04 Å². The van der Waals surface area contributed by atoms with Crippen molar-refractivity contribution in [2.45, 2.75) is 37.5 Å². The summed E-state index contributed by atoms with van der Waals surface area (Å²) in [5.74, 6) is 0. The molecule has 5 nitrogen and oxygen atoms in total. The van der Waals surface area contributed by atoms with Crippen LogP contribution in [0.5, 0.6) is 0 Å². The normalized spacial score (nSPS) is 28.3. The lowest BCUT2D eigenvalue weighted by molar-refractivity contribution is -0.0533. The Labute approximate surface area is 140 Å². The second-order valence-corrected chi connectivity index (χ2v) is 7.45. The monoisotopic (exact) mass is 330 g/mol. The smallest absolute Gasteiger partial charge is 0.182 e. The summed E-state index contributed by atoms with van der Waals surface area (Å²) >= 11 is 1.65. The zero-order valence-corrected chi connectivity index (χ0v) is 14.0. The van der Waals surface area contributed by atoms with E-state index in [0.717, 1.165) is 44.2 Å². The highest BCUT2D eigenvalue weighted by Gasteiger charge is 2.43. The van der Waals surface area contributed by atoms with Crippen molar-refractivity contribution in [2.24, 2.45) is 0 Å². The van der Waals surface area contributed by atoms with Gasteiger partial charge >= 0.3 is 0 Å². The van der Waals surface area contributed by atoms with Gasteiger partial charge in [0.1, 0.15) is 0 Å². The fourth-order valence-corrected chi connectivity index (χ4v) is 4.37. The molecule has 0 saturated carbocycles. The molecule has 0 aromatic carbocycles. The van der Waals surface area contributed by atoms with Gasteiger partial charge in [0.25, 0.3) is 0 Å². The number of thiazole rings is 1. The molecular formula is C17H22N4OS. The molecule has 2 fully saturated rings. The van der Waals surface area contributed by atoms with Crippen LogP contribution in [0, 0.1) is 0 Å². The van der Waals surface area contributed by atoms with Crippen molar-refractivity contribution >= 4 is 16.5 Å². The van der Waals surface area contributed by atoms with Crippen LogP contribution in [-0.2, 0) is 11.3 Å². The van der Waals surface area contributed by atoms with Gasteiger partial charge in [0.2, 0.25) is 0 Å². The number of piperidine rings is 1. The third kappa shape index (κ3) is 3.54. The average molecular weight is 330 g/mol. The van der Waals surface area contributed by atoms with E-state index >= 15 is 0 Å². The number of hydrogen-bond donors (Lipinski definition) is 1. The fourth-order valence-electron chi connectivity index (χ4n) is 3.77. The van der Waals surface area contributed by atoms with Gasteiger partial charge < -0.3 is 10.1 Å². The average Bonchev–Trinajstić information content (AvgIpc) is 3.20. The molecule has 2 aliphatic heterocycles. The summed E-state index contributed by atoms with van der Waals surface area (Å²) in [6.07, 6.45) is 9.06. The number of ether oxygens (including phenoxy) is 1. The lowest BCUT2D eigenvalue weighted by atomic mass is 9.88. The third-order valence-corrected chi connectivity index (χ3v) is 5.42. The van der Waals surface area contributed by atoms with E-state index in [1.54, 1.807) is 11.3 Å². The highest BCUT2D eigenvalue weighted by Crippen LogP contribution is 2.36. The Morgan fingerprint density at radius 2 is 2.43 bits per heavy atom. The van der Waals surface area contributed by atoms with Crippen molar-refractivity contribution in [2.75, 3.05) is 25.0 Å². The summed E-state index contributed by atoms with van der Waals surface area (Å²) in [7, 11) is 0. The Morgan fingerprint density at radius 3 is 3.26 bits per heavy atom. The van der Waals surface area contributed by atoms with Crippen molar-refractivity contribution in [3.8, 4) is 0 Å². The maximum atomic E-state index is 6.27. The molecule has 4 heterocycles. The first-order valence-corrected chi connectivity index (χ1v) is 9.11. The minimum atomic E-state index is 0.00931. The molecule has 2 atom stereocenters. The second-order valence-electron chi connectivity index (χ2n) is 6.55. The van der Waals surface area contributed by atoms with Gasteiger partial charge in [-0.25, -0.2) is 4.98 Å². The molecule has 0 aliphatic carbocycles. The van der Waals surface area contributed by atoms with E-state index in [1.807, 2.05) is 30.0 Å². The molecule has 2 aliphatic rings. The first kappa shape index (κ1) is 15.1. The molecule has 1 N–H and O–H groups in total. The quantitative estimate of drug-likeness (QED) is 0.934. The first-order valence-electron chi connectivity index (χ1n) is 8.23. The highest BCUT2D eigenvalue weighted by atomic mass is 32.1. The van der Waals surface area contributed by atoms with E-state index in [9.17, 15) is 0 Å². The van der Waals surface area contributed by atoms with Gasteiger partial charge in [-0.3, -0.25) is 9.88 Å². The topological polar surface area (TPSA) is 50.3 Å². The number of nitrogens with one attached hydrogen (secondary N) is 1. The van der Waals surface area contributed by atoms with Gasteiger partial charge in [0.05, 0.1) is 18.2 Å². The summed E-state index contributed by atoms with van der Waals surface area (Å²) in [4.78, 5) is 11.0. The molecule has 2 saturated heterocycles. The standard InChI is InChI=1S/C17H22N4OS/c1-3-14(10-18-5-1)11-21-7-2-4-17(13-21)9-15(12-22-17)20-16-19-6-8-23-16/h1,3,5-6,8,10,15H,2,4,7,9,11-13H2,(H,19,20). The number of nitrogens with zero attached hydrogens (tertiary/aromatic N) is 3. The van der Waals surface area contributed by atoms with Crippen molar-refractivity contribution in [3.63, 3.8) is 0 Å². The van der Waals surface area contributed by atoms with E-state index in [2.05, 4.69) is 26.3 Å². The lowest BCUT2D eigenvalue weighted by Crippen LogP contribution is -2.47. The van der Waals surface area contributed by atoms with Gasteiger partial charge in [-0.05, 0) is 31.0 Å². The van der Waals surface area contributed by atoms with Gasteiger partial charge in [-0.1, -0.05) is 6.07 Å². The summed E-state index contributed by atoms with van der Waals surface area (Å²) in [5, 5.41) is 6.51. The van der Waals surface area contributed by atoms with Crippen molar-refractivity contribution in [1.82, 2.24) is 14.9 Å². The summed E-state index contributed by atoms with van der Waals surface area (Å²) in [6.45, 7) is 3.90. The summed E-state index contributed by atoms with van der Waals surface area (Å²) in [6, 6.07) is 4.53. The summed E-state index contributed by atoms with van der Waals surface area (Å²) < 4.78 is 6.27.